The van der Waals surface area contributed by atoms with Crippen LogP contribution in [0.4, 0.5) is 0 Å². The molecule has 0 aliphatic heterocycles. The van der Waals surface area contributed by atoms with Crippen LogP contribution in [0.3, 0.4) is 0 Å². The first-order valence-electron chi connectivity index (χ1n) is 3.11. The smallest absolute Gasteiger partial charge is 0.174 e. The van der Waals surface area contributed by atoms with Gasteiger partial charge in [0.05, 0.1) is 24.1 Å². The number of rotatable bonds is 3. The fraction of sp³-hybridized carbons (Fsp3) is 0.286. The molecule has 0 aromatic carbocycles. The lowest BCUT2D eigenvalue weighted by molar-refractivity contribution is 0.526. The van der Waals surface area contributed by atoms with E-state index in [0.717, 1.165) is 5.76 Å². The molecule has 60 valence electrons. The summed E-state index contributed by atoms with van der Waals surface area (Å²) in [6, 6.07) is 3.75. The fourth-order valence-corrected chi connectivity index (χ4v) is 1.21. The summed E-state index contributed by atoms with van der Waals surface area (Å²) >= 11 is 6.00. The molecule has 0 fully saturated rings. The van der Waals surface area contributed by atoms with Crippen LogP contribution >= 0.6 is 24.3 Å². The van der Waals surface area contributed by atoms with Gasteiger partial charge in [0.1, 0.15) is 5.76 Å². The maximum absolute atomic E-state index is 5.07. The number of furan rings is 1. The van der Waals surface area contributed by atoms with Gasteiger partial charge in [0.15, 0.2) is 5.05 Å². The van der Waals surface area contributed by atoms with E-state index in [-0.39, 0.29) is 0 Å². The van der Waals surface area contributed by atoms with Gasteiger partial charge in [-0.2, -0.15) is 0 Å². The van der Waals surface area contributed by atoms with Crippen molar-refractivity contribution in [2.75, 3.05) is 0 Å². The van der Waals surface area contributed by atoms with E-state index in [1.807, 2.05) is 12.1 Å². The van der Waals surface area contributed by atoms with E-state index in [0.29, 0.717) is 10.8 Å². The van der Waals surface area contributed by atoms with Crippen LogP contribution in [0.15, 0.2) is 22.8 Å². The van der Waals surface area contributed by atoms with Gasteiger partial charge < -0.3 is 8.60 Å². The SMILES string of the molecule is CC(=S)OSCc1ccco1. The molecule has 2 nitrogen and oxygen atoms in total. The molecule has 0 N–H and O–H groups in total. The van der Waals surface area contributed by atoms with Crippen LogP contribution in [-0.4, -0.2) is 5.05 Å². The van der Waals surface area contributed by atoms with E-state index in [1.165, 1.54) is 12.0 Å². The van der Waals surface area contributed by atoms with Gasteiger partial charge in [0, 0.05) is 6.92 Å². The van der Waals surface area contributed by atoms with Crippen molar-refractivity contribution in [3.05, 3.63) is 24.2 Å². The second-order valence-electron chi connectivity index (χ2n) is 1.92. The Morgan fingerprint density at radius 3 is 3.18 bits per heavy atom. The number of thiocarbonyl (C=S) groups is 1. The summed E-state index contributed by atoms with van der Waals surface area (Å²) in [7, 11) is 0. The Morgan fingerprint density at radius 2 is 2.64 bits per heavy atom. The molecule has 0 amide bonds. The van der Waals surface area contributed by atoms with Gasteiger partial charge in [0.2, 0.25) is 0 Å². The minimum Gasteiger partial charge on any atom is -0.468 e. The molecule has 1 heterocycles. The third-order valence-corrected chi connectivity index (χ3v) is 1.92. The Hall–Kier alpha value is -0.480. The number of hydrogen-bond acceptors (Lipinski definition) is 4. The molecule has 1 aromatic rings. The van der Waals surface area contributed by atoms with E-state index in [9.17, 15) is 0 Å². The second kappa shape index (κ2) is 4.41. The summed E-state index contributed by atoms with van der Waals surface area (Å²) < 4.78 is 10.1. The Morgan fingerprint density at radius 1 is 1.82 bits per heavy atom. The van der Waals surface area contributed by atoms with Crippen molar-refractivity contribution in [3.63, 3.8) is 0 Å². The predicted octanol–water partition coefficient (Wildman–Crippen LogP) is 2.79. The first kappa shape index (κ1) is 8.62. The second-order valence-corrected chi connectivity index (χ2v) is 3.18. The Kier molecular flexibility index (Phi) is 3.45. The van der Waals surface area contributed by atoms with E-state index in [4.69, 9.17) is 20.8 Å². The molecule has 1 aromatic heterocycles. The van der Waals surface area contributed by atoms with Crippen molar-refractivity contribution in [3.8, 4) is 0 Å². The van der Waals surface area contributed by atoms with E-state index < -0.39 is 0 Å². The van der Waals surface area contributed by atoms with Gasteiger partial charge in [-0.3, -0.25) is 0 Å². The van der Waals surface area contributed by atoms with Crippen LogP contribution in [0.2, 0.25) is 0 Å². The van der Waals surface area contributed by atoms with E-state index in [2.05, 4.69) is 0 Å². The largest absolute Gasteiger partial charge is 0.468 e. The number of hydrogen-bond donors (Lipinski definition) is 0. The van der Waals surface area contributed by atoms with Crippen molar-refractivity contribution in [1.29, 1.82) is 0 Å². The third kappa shape index (κ3) is 3.43. The first-order valence-corrected chi connectivity index (χ1v) is 4.43. The topological polar surface area (TPSA) is 22.4 Å². The van der Waals surface area contributed by atoms with Gasteiger partial charge in [-0.25, -0.2) is 0 Å². The minimum atomic E-state index is 0.543. The Labute approximate surface area is 75.1 Å². The zero-order valence-electron chi connectivity index (χ0n) is 6.07. The average Bonchev–Trinajstić information content (AvgIpc) is 2.39. The van der Waals surface area contributed by atoms with Gasteiger partial charge in [-0.05, 0) is 24.4 Å². The van der Waals surface area contributed by atoms with Crippen molar-refractivity contribution >= 4 is 29.3 Å². The van der Waals surface area contributed by atoms with E-state index >= 15 is 0 Å². The Balaban J connectivity index is 2.19. The summed E-state index contributed by atoms with van der Waals surface area (Å²) in [5.41, 5.74) is 0. The van der Waals surface area contributed by atoms with Crippen molar-refractivity contribution in [1.82, 2.24) is 0 Å². The molecule has 0 saturated carbocycles. The molecule has 11 heavy (non-hydrogen) atoms. The van der Waals surface area contributed by atoms with Gasteiger partial charge >= 0.3 is 0 Å². The minimum absolute atomic E-state index is 0.543. The normalized spacial score (nSPS) is 9.55. The average molecular weight is 188 g/mol. The maximum atomic E-state index is 5.07. The first-order chi connectivity index (χ1) is 5.29. The van der Waals surface area contributed by atoms with Crippen LogP contribution in [0.5, 0.6) is 0 Å². The maximum Gasteiger partial charge on any atom is 0.174 e. The lowest BCUT2D eigenvalue weighted by Gasteiger charge is -1.97. The zero-order valence-corrected chi connectivity index (χ0v) is 7.71. The van der Waals surface area contributed by atoms with Gasteiger partial charge in [0.25, 0.3) is 0 Å². The highest BCUT2D eigenvalue weighted by molar-refractivity contribution is 7.95. The van der Waals surface area contributed by atoms with Gasteiger partial charge in [-0.1, -0.05) is 0 Å². The molecule has 0 spiro atoms. The highest BCUT2D eigenvalue weighted by Crippen LogP contribution is 2.13. The van der Waals surface area contributed by atoms with E-state index in [1.54, 1.807) is 13.2 Å². The summed E-state index contributed by atoms with van der Waals surface area (Å²) in [4.78, 5) is 0. The monoisotopic (exact) mass is 188 g/mol. The lowest BCUT2D eigenvalue weighted by atomic mass is 10.5. The fourth-order valence-electron chi connectivity index (χ4n) is 0.565. The molecule has 0 unspecified atom stereocenters. The summed E-state index contributed by atoms with van der Waals surface area (Å²) in [6.07, 6.45) is 1.64. The lowest BCUT2D eigenvalue weighted by Crippen LogP contribution is -1.86. The van der Waals surface area contributed by atoms with Crippen molar-refractivity contribution in [2.45, 2.75) is 12.7 Å². The standard InChI is InChI=1S/C7H8O2S2/c1-6(10)9-11-5-7-3-2-4-8-7/h2-4H,5H2,1H3. The van der Waals surface area contributed by atoms with Crippen LogP contribution in [0.25, 0.3) is 0 Å². The Bertz CT molecular complexity index is 218. The van der Waals surface area contributed by atoms with Crippen LogP contribution in [0, 0.1) is 0 Å². The highest BCUT2D eigenvalue weighted by atomic mass is 32.2. The summed E-state index contributed by atoms with van der Waals surface area (Å²) in [5.74, 6) is 1.59. The molecular weight excluding hydrogens is 180 g/mol. The van der Waals surface area contributed by atoms with Crippen LogP contribution in [-0.2, 0) is 9.94 Å². The molecule has 0 atom stereocenters. The highest BCUT2D eigenvalue weighted by Gasteiger charge is 1.96. The molecule has 1 rings (SSSR count). The molecule has 0 radical (unpaired) electrons. The molecule has 0 saturated heterocycles. The molecular formula is C7H8O2S2. The van der Waals surface area contributed by atoms with Gasteiger partial charge in [-0.15, -0.1) is 0 Å². The predicted molar refractivity (Wildman–Crippen MR) is 49.4 cm³/mol. The zero-order chi connectivity index (χ0) is 8.10. The quantitative estimate of drug-likeness (QED) is 0.537. The van der Waals surface area contributed by atoms with Crippen LogP contribution in [0.1, 0.15) is 12.7 Å². The molecule has 0 aliphatic rings. The summed E-state index contributed by atoms with van der Waals surface area (Å²) in [5, 5.41) is 0.543. The molecule has 0 bridgehead atoms. The van der Waals surface area contributed by atoms with Crippen LogP contribution < -0.4 is 0 Å². The van der Waals surface area contributed by atoms with Crippen molar-refractivity contribution in [2.24, 2.45) is 0 Å². The van der Waals surface area contributed by atoms with Crippen molar-refractivity contribution < 1.29 is 8.60 Å². The molecule has 4 heteroatoms. The summed E-state index contributed by atoms with van der Waals surface area (Å²) in [6.45, 7) is 1.74. The molecule has 0 aliphatic carbocycles. The third-order valence-electron chi connectivity index (χ3n) is 0.958.